The molecule has 3 rings (SSSR count). The van der Waals surface area contributed by atoms with E-state index in [1.54, 1.807) is 30.5 Å². The van der Waals surface area contributed by atoms with Crippen LogP contribution < -0.4 is 5.56 Å². The highest BCUT2D eigenvalue weighted by atomic mass is 19.1. The van der Waals surface area contributed by atoms with Crippen LogP contribution in [0.4, 0.5) is 4.39 Å². The van der Waals surface area contributed by atoms with E-state index >= 15 is 0 Å². The molecule has 0 radical (unpaired) electrons. The number of pyridine rings is 1. The van der Waals surface area contributed by atoms with Crippen LogP contribution in [0.5, 0.6) is 5.75 Å². The molecule has 5 nitrogen and oxygen atoms in total. The third kappa shape index (κ3) is 4.08. The predicted molar refractivity (Wildman–Crippen MR) is 95.3 cm³/mol. The molecule has 1 aromatic carbocycles. The number of hydrogen-bond donors (Lipinski definition) is 1. The van der Waals surface area contributed by atoms with Crippen molar-refractivity contribution in [2.45, 2.75) is 20.0 Å². The number of benzene rings is 1. The predicted octanol–water partition coefficient (Wildman–Crippen LogP) is 1.88. The van der Waals surface area contributed by atoms with E-state index < -0.39 is 5.56 Å². The first-order valence-corrected chi connectivity index (χ1v) is 8.68. The lowest BCUT2D eigenvalue weighted by Gasteiger charge is -2.34. The number of nitrogens with zero attached hydrogens (tertiary/aromatic N) is 3. The first kappa shape index (κ1) is 17.6. The fraction of sp³-hybridized carbons (Fsp3) is 0.421. The molecule has 0 bridgehead atoms. The molecular formula is C19H24FN3O2. The highest BCUT2D eigenvalue weighted by molar-refractivity contribution is 5.30. The van der Waals surface area contributed by atoms with E-state index in [-0.39, 0.29) is 18.1 Å². The van der Waals surface area contributed by atoms with Gasteiger partial charge in [0.05, 0.1) is 6.54 Å². The smallest absolute Gasteiger partial charge is 0.293 e. The van der Waals surface area contributed by atoms with E-state index in [2.05, 4.69) is 16.7 Å². The number of aromatic nitrogens is 1. The van der Waals surface area contributed by atoms with Gasteiger partial charge in [0.25, 0.3) is 5.56 Å². The lowest BCUT2D eigenvalue weighted by Crippen LogP contribution is -2.45. The zero-order valence-corrected chi connectivity index (χ0v) is 14.5. The summed E-state index contributed by atoms with van der Waals surface area (Å²) in [5.74, 6) is -0.594. The van der Waals surface area contributed by atoms with Gasteiger partial charge >= 0.3 is 0 Å². The average molecular weight is 345 g/mol. The van der Waals surface area contributed by atoms with Gasteiger partial charge in [0.1, 0.15) is 5.82 Å². The average Bonchev–Trinajstić information content (AvgIpc) is 2.63. The van der Waals surface area contributed by atoms with Crippen molar-refractivity contribution >= 4 is 0 Å². The molecule has 134 valence electrons. The summed E-state index contributed by atoms with van der Waals surface area (Å²) < 4.78 is 15.1. The van der Waals surface area contributed by atoms with E-state index in [0.717, 1.165) is 32.7 Å². The molecule has 0 aliphatic carbocycles. The minimum Gasteiger partial charge on any atom is -0.503 e. The summed E-state index contributed by atoms with van der Waals surface area (Å²) in [5, 5.41) is 10.3. The van der Waals surface area contributed by atoms with Gasteiger partial charge in [0, 0.05) is 50.0 Å². The summed E-state index contributed by atoms with van der Waals surface area (Å²) in [6, 6.07) is 8.10. The third-order valence-electron chi connectivity index (χ3n) is 4.83. The van der Waals surface area contributed by atoms with Gasteiger partial charge in [-0.2, -0.15) is 0 Å². The lowest BCUT2D eigenvalue weighted by atomic mass is 10.2. The normalized spacial score (nSPS) is 16.2. The quantitative estimate of drug-likeness (QED) is 0.899. The fourth-order valence-corrected chi connectivity index (χ4v) is 3.17. The minimum atomic E-state index is -0.479. The molecular weight excluding hydrogens is 321 g/mol. The maximum absolute atomic E-state index is 13.8. The van der Waals surface area contributed by atoms with Gasteiger partial charge in [-0.15, -0.1) is 0 Å². The zero-order chi connectivity index (χ0) is 17.8. The van der Waals surface area contributed by atoms with Crippen LogP contribution in [-0.4, -0.2) is 52.2 Å². The van der Waals surface area contributed by atoms with Gasteiger partial charge in [-0.05, 0) is 18.7 Å². The molecule has 6 heteroatoms. The summed E-state index contributed by atoms with van der Waals surface area (Å²) in [4.78, 5) is 17.0. The van der Waals surface area contributed by atoms with Crippen LogP contribution >= 0.6 is 0 Å². The number of rotatable bonds is 5. The molecule has 0 amide bonds. The summed E-state index contributed by atoms with van der Waals surface area (Å²) in [6.45, 7) is 7.70. The van der Waals surface area contributed by atoms with E-state index in [1.165, 1.54) is 10.6 Å². The standard InChI is InChI=1S/C19H24FN3O2/c1-2-21-9-11-22(12-10-21)13-16-7-8-23(19(25)18(16)24)14-15-5-3-4-6-17(15)20/h3-8,24H,2,9-14H2,1H3. The Morgan fingerprint density at radius 2 is 1.68 bits per heavy atom. The minimum absolute atomic E-state index is 0.106. The Balaban J connectivity index is 1.72. The van der Waals surface area contributed by atoms with Crippen LogP contribution in [0.25, 0.3) is 0 Å². The van der Waals surface area contributed by atoms with Gasteiger partial charge in [0.15, 0.2) is 5.75 Å². The highest BCUT2D eigenvalue weighted by Gasteiger charge is 2.18. The molecule has 1 aromatic heterocycles. The molecule has 0 atom stereocenters. The van der Waals surface area contributed by atoms with Crippen LogP contribution in [0, 0.1) is 5.82 Å². The third-order valence-corrected chi connectivity index (χ3v) is 4.83. The van der Waals surface area contributed by atoms with Gasteiger partial charge in [0.2, 0.25) is 0 Å². The molecule has 1 fully saturated rings. The molecule has 0 saturated carbocycles. The van der Waals surface area contributed by atoms with Gasteiger partial charge < -0.3 is 14.6 Å². The fourth-order valence-electron chi connectivity index (χ4n) is 3.17. The van der Waals surface area contributed by atoms with Crippen molar-refractivity contribution in [3.8, 4) is 5.75 Å². The van der Waals surface area contributed by atoms with E-state index in [4.69, 9.17) is 0 Å². The molecule has 0 spiro atoms. The van der Waals surface area contributed by atoms with Crippen LogP contribution in [0.15, 0.2) is 41.3 Å². The Morgan fingerprint density at radius 3 is 2.36 bits per heavy atom. The first-order chi connectivity index (χ1) is 12.1. The van der Waals surface area contributed by atoms with Crippen molar-refractivity contribution in [2.75, 3.05) is 32.7 Å². The van der Waals surface area contributed by atoms with Crippen molar-refractivity contribution in [1.82, 2.24) is 14.4 Å². The van der Waals surface area contributed by atoms with Crippen LogP contribution in [-0.2, 0) is 13.1 Å². The van der Waals surface area contributed by atoms with Gasteiger partial charge in [-0.3, -0.25) is 9.69 Å². The largest absolute Gasteiger partial charge is 0.503 e. The summed E-state index contributed by atoms with van der Waals surface area (Å²) in [7, 11) is 0. The Kier molecular flexibility index (Phi) is 5.50. The first-order valence-electron chi connectivity index (χ1n) is 8.68. The number of likely N-dealkylation sites (N-methyl/N-ethyl adjacent to an activating group) is 1. The van der Waals surface area contributed by atoms with Crippen LogP contribution in [0.2, 0.25) is 0 Å². The van der Waals surface area contributed by atoms with E-state index in [1.807, 2.05) is 0 Å². The van der Waals surface area contributed by atoms with E-state index in [0.29, 0.717) is 17.7 Å². The summed E-state index contributed by atoms with van der Waals surface area (Å²) in [5.41, 5.74) is 0.570. The molecule has 2 heterocycles. The molecule has 0 unspecified atom stereocenters. The molecule has 1 N–H and O–H groups in total. The Hall–Kier alpha value is -2.18. The number of halogens is 1. The molecule has 1 aliphatic rings. The maximum atomic E-state index is 13.8. The monoisotopic (exact) mass is 345 g/mol. The summed E-state index contributed by atoms with van der Waals surface area (Å²) >= 11 is 0. The van der Waals surface area contributed by atoms with Crippen LogP contribution in [0.3, 0.4) is 0 Å². The summed E-state index contributed by atoms with van der Waals surface area (Å²) in [6.07, 6.45) is 1.63. The Labute approximate surface area is 146 Å². The van der Waals surface area contributed by atoms with Crippen molar-refractivity contribution in [2.24, 2.45) is 0 Å². The second-order valence-corrected chi connectivity index (χ2v) is 6.42. The number of hydrogen-bond acceptors (Lipinski definition) is 4. The van der Waals surface area contributed by atoms with Crippen molar-refractivity contribution in [1.29, 1.82) is 0 Å². The van der Waals surface area contributed by atoms with Gasteiger partial charge in [-0.1, -0.05) is 25.1 Å². The zero-order valence-electron chi connectivity index (χ0n) is 14.5. The van der Waals surface area contributed by atoms with Crippen molar-refractivity contribution in [3.05, 3.63) is 63.8 Å². The molecule has 2 aromatic rings. The van der Waals surface area contributed by atoms with Crippen molar-refractivity contribution in [3.63, 3.8) is 0 Å². The molecule has 25 heavy (non-hydrogen) atoms. The molecule has 1 saturated heterocycles. The number of piperazine rings is 1. The second kappa shape index (κ2) is 7.80. The SMILES string of the molecule is CCN1CCN(Cc2ccn(Cc3ccccc3F)c(=O)c2O)CC1. The maximum Gasteiger partial charge on any atom is 0.293 e. The highest BCUT2D eigenvalue weighted by Crippen LogP contribution is 2.16. The van der Waals surface area contributed by atoms with Gasteiger partial charge in [-0.25, -0.2) is 4.39 Å². The Bertz CT molecular complexity index is 782. The van der Waals surface area contributed by atoms with Crippen molar-refractivity contribution < 1.29 is 9.50 Å². The lowest BCUT2D eigenvalue weighted by molar-refractivity contribution is 0.131. The van der Waals surface area contributed by atoms with Crippen LogP contribution in [0.1, 0.15) is 18.1 Å². The molecule has 1 aliphatic heterocycles. The van der Waals surface area contributed by atoms with E-state index in [9.17, 15) is 14.3 Å². The second-order valence-electron chi connectivity index (χ2n) is 6.42. The Morgan fingerprint density at radius 1 is 1.00 bits per heavy atom. The topological polar surface area (TPSA) is 48.7 Å². The number of aromatic hydroxyl groups is 1.